The number of benzene rings is 2. The Kier molecular flexibility index (Phi) is 4.62. The number of hydrogen-bond donors (Lipinski definition) is 0. The number of hydrogen-bond acceptors (Lipinski definition) is 4. The van der Waals surface area contributed by atoms with Crippen molar-refractivity contribution >= 4 is 17.5 Å². The van der Waals surface area contributed by atoms with Gasteiger partial charge in [0.1, 0.15) is 13.2 Å². The van der Waals surface area contributed by atoms with Gasteiger partial charge in [-0.3, -0.25) is 9.59 Å². The average molecular weight is 392 g/mol. The minimum atomic E-state index is 0.0293. The topological polar surface area (TPSA) is 59.1 Å². The van der Waals surface area contributed by atoms with Crippen molar-refractivity contribution < 1.29 is 19.1 Å². The summed E-state index contributed by atoms with van der Waals surface area (Å²) in [6.45, 7) is 2.61. The Morgan fingerprint density at radius 3 is 2.48 bits per heavy atom. The van der Waals surface area contributed by atoms with Gasteiger partial charge in [0.2, 0.25) is 5.91 Å². The number of ether oxygens (including phenoxy) is 2. The fraction of sp³-hybridized carbons (Fsp3) is 0.391. The Bertz CT molecular complexity index is 940. The van der Waals surface area contributed by atoms with Crippen LogP contribution in [0.1, 0.15) is 47.6 Å². The molecule has 2 amide bonds. The second kappa shape index (κ2) is 7.43. The van der Waals surface area contributed by atoms with Crippen molar-refractivity contribution in [1.29, 1.82) is 0 Å². The van der Waals surface area contributed by atoms with Crippen LogP contribution in [0.2, 0.25) is 0 Å². The lowest BCUT2D eigenvalue weighted by Gasteiger charge is -2.27. The Balaban J connectivity index is 1.35. The molecule has 0 unspecified atom stereocenters. The highest BCUT2D eigenvalue weighted by Crippen LogP contribution is 2.38. The lowest BCUT2D eigenvalue weighted by atomic mass is 10.0. The van der Waals surface area contributed by atoms with Crippen molar-refractivity contribution in [3.05, 3.63) is 53.6 Å². The second-order valence-corrected chi connectivity index (χ2v) is 7.76. The molecule has 3 heterocycles. The van der Waals surface area contributed by atoms with Crippen LogP contribution in [0.4, 0.5) is 5.69 Å². The van der Waals surface area contributed by atoms with Gasteiger partial charge in [0.15, 0.2) is 11.5 Å². The molecule has 0 bridgehead atoms. The number of rotatable bonds is 3. The minimum absolute atomic E-state index is 0.0293. The molecule has 3 aliphatic rings. The lowest BCUT2D eigenvalue weighted by Crippen LogP contribution is -2.30. The first-order chi connectivity index (χ1) is 14.2. The Morgan fingerprint density at radius 1 is 0.931 bits per heavy atom. The summed E-state index contributed by atoms with van der Waals surface area (Å²) in [4.78, 5) is 28.9. The van der Waals surface area contributed by atoms with Gasteiger partial charge in [-0.25, -0.2) is 0 Å². The molecule has 6 nitrogen and oxygen atoms in total. The molecule has 150 valence electrons. The third kappa shape index (κ3) is 3.33. The zero-order valence-corrected chi connectivity index (χ0v) is 16.3. The quantitative estimate of drug-likeness (QED) is 0.801. The van der Waals surface area contributed by atoms with Gasteiger partial charge in [-0.05, 0) is 61.2 Å². The zero-order valence-electron chi connectivity index (χ0n) is 16.3. The largest absolute Gasteiger partial charge is 0.486 e. The molecule has 3 aliphatic heterocycles. The second-order valence-electron chi connectivity index (χ2n) is 7.76. The van der Waals surface area contributed by atoms with E-state index in [1.54, 1.807) is 4.90 Å². The van der Waals surface area contributed by atoms with Crippen LogP contribution in [-0.4, -0.2) is 43.0 Å². The number of anilines is 1. The van der Waals surface area contributed by atoms with Crippen LogP contribution >= 0.6 is 0 Å². The first-order valence-electron chi connectivity index (χ1n) is 10.3. The van der Waals surface area contributed by atoms with E-state index in [2.05, 4.69) is 0 Å². The van der Waals surface area contributed by atoms with Gasteiger partial charge in [0, 0.05) is 30.8 Å². The van der Waals surface area contributed by atoms with Crippen molar-refractivity contribution in [3.8, 4) is 11.5 Å². The Hall–Kier alpha value is -3.02. The SMILES string of the molecule is O=C1CCCN1c1ccc(C(=O)N2CCC[C@@H]2c2ccc3c(c2)OCCO3)cc1. The summed E-state index contributed by atoms with van der Waals surface area (Å²) in [5, 5.41) is 0. The third-order valence-electron chi connectivity index (χ3n) is 5.96. The predicted octanol–water partition coefficient (Wildman–Crippen LogP) is 3.56. The lowest BCUT2D eigenvalue weighted by molar-refractivity contribution is -0.117. The van der Waals surface area contributed by atoms with E-state index in [4.69, 9.17) is 9.47 Å². The predicted molar refractivity (Wildman–Crippen MR) is 108 cm³/mol. The Labute approximate surface area is 170 Å². The van der Waals surface area contributed by atoms with Gasteiger partial charge in [-0.2, -0.15) is 0 Å². The molecule has 0 aromatic heterocycles. The van der Waals surface area contributed by atoms with E-state index >= 15 is 0 Å². The smallest absolute Gasteiger partial charge is 0.254 e. The molecule has 29 heavy (non-hydrogen) atoms. The van der Waals surface area contributed by atoms with Gasteiger partial charge < -0.3 is 19.3 Å². The van der Waals surface area contributed by atoms with Crippen molar-refractivity contribution in [2.24, 2.45) is 0 Å². The first-order valence-corrected chi connectivity index (χ1v) is 10.3. The van der Waals surface area contributed by atoms with Crippen LogP contribution in [0.25, 0.3) is 0 Å². The summed E-state index contributed by atoms with van der Waals surface area (Å²) in [5.74, 6) is 1.71. The Morgan fingerprint density at radius 2 is 1.72 bits per heavy atom. The molecule has 1 atom stereocenters. The summed E-state index contributed by atoms with van der Waals surface area (Å²) < 4.78 is 11.3. The maximum atomic E-state index is 13.2. The average Bonchev–Trinajstić information content (AvgIpc) is 3.42. The highest BCUT2D eigenvalue weighted by Gasteiger charge is 2.31. The molecule has 2 aromatic rings. The van der Waals surface area contributed by atoms with E-state index in [1.807, 2.05) is 47.4 Å². The van der Waals surface area contributed by atoms with Crippen LogP contribution in [0.3, 0.4) is 0 Å². The van der Waals surface area contributed by atoms with Gasteiger partial charge >= 0.3 is 0 Å². The maximum absolute atomic E-state index is 13.2. The third-order valence-corrected chi connectivity index (χ3v) is 5.96. The number of likely N-dealkylation sites (tertiary alicyclic amines) is 1. The monoisotopic (exact) mass is 392 g/mol. The molecular weight excluding hydrogens is 368 g/mol. The summed E-state index contributed by atoms with van der Waals surface area (Å²) in [7, 11) is 0. The highest BCUT2D eigenvalue weighted by molar-refractivity contribution is 5.97. The van der Waals surface area contributed by atoms with Crippen LogP contribution < -0.4 is 14.4 Å². The van der Waals surface area contributed by atoms with Crippen LogP contribution in [0.15, 0.2) is 42.5 Å². The molecule has 6 heteroatoms. The van der Waals surface area contributed by atoms with E-state index in [9.17, 15) is 9.59 Å². The number of carbonyl (C=O) groups is 2. The molecule has 0 radical (unpaired) electrons. The fourth-order valence-corrected chi connectivity index (χ4v) is 4.49. The van der Waals surface area contributed by atoms with Crippen LogP contribution in [0.5, 0.6) is 11.5 Å². The number of fused-ring (bicyclic) bond motifs is 1. The van der Waals surface area contributed by atoms with Gasteiger partial charge in [0.25, 0.3) is 5.91 Å². The van der Waals surface area contributed by atoms with Gasteiger partial charge in [-0.15, -0.1) is 0 Å². The summed E-state index contributed by atoms with van der Waals surface area (Å²) >= 11 is 0. The van der Waals surface area contributed by atoms with Crippen molar-refractivity contribution in [1.82, 2.24) is 4.90 Å². The minimum Gasteiger partial charge on any atom is -0.486 e. The molecule has 2 aromatic carbocycles. The van der Waals surface area contributed by atoms with E-state index in [0.29, 0.717) is 25.2 Å². The first kappa shape index (κ1) is 18.0. The highest BCUT2D eigenvalue weighted by atomic mass is 16.6. The van der Waals surface area contributed by atoms with Crippen molar-refractivity contribution in [2.45, 2.75) is 31.7 Å². The van der Waals surface area contributed by atoms with Crippen molar-refractivity contribution in [2.75, 3.05) is 31.2 Å². The van der Waals surface area contributed by atoms with Crippen molar-refractivity contribution in [3.63, 3.8) is 0 Å². The standard InChI is InChI=1S/C23H24N2O4/c26-22-4-2-11-24(22)18-8-5-16(6-9-18)23(27)25-12-1-3-19(25)17-7-10-20-21(15-17)29-14-13-28-20/h5-10,15,19H,1-4,11-14H2/t19-/m1/s1. The molecular formula is C23H24N2O4. The number of amides is 2. The molecule has 0 saturated carbocycles. The van der Waals surface area contributed by atoms with Crippen LogP contribution in [0, 0.1) is 0 Å². The van der Waals surface area contributed by atoms with Gasteiger partial charge in [0.05, 0.1) is 6.04 Å². The van der Waals surface area contributed by atoms with E-state index in [-0.39, 0.29) is 17.9 Å². The molecule has 0 aliphatic carbocycles. The summed E-state index contributed by atoms with van der Waals surface area (Å²) in [5.41, 5.74) is 2.61. The van der Waals surface area contributed by atoms with E-state index in [0.717, 1.165) is 55.1 Å². The fourth-order valence-electron chi connectivity index (χ4n) is 4.49. The maximum Gasteiger partial charge on any atom is 0.254 e. The molecule has 0 spiro atoms. The number of carbonyl (C=O) groups excluding carboxylic acids is 2. The number of nitrogens with zero attached hydrogens (tertiary/aromatic N) is 2. The summed E-state index contributed by atoms with van der Waals surface area (Å²) in [6.07, 6.45) is 3.41. The van der Waals surface area contributed by atoms with Gasteiger partial charge in [-0.1, -0.05) is 6.07 Å². The molecule has 2 saturated heterocycles. The summed E-state index contributed by atoms with van der Waals surface area (Å²) in [6, 6.07) is 13.5. The molecule has 2 fully saturated rings. The molecule has 0 N–H and O–H groups in total. The van der Waals surface area contributed by atoms with E-state index < -0.39 is 0 Å². The normalized spacial score (nSPS) is 21.0. The zero-order chi connectivity index (χ0) is 19.8. The van der Waals surface area contributed by atoms with E-state index in [1.165, 1.54) is 0 Å². The molecule has 5 rings (SSSR count). The van der Waals surface area contributed by atoms with Crippen LogP contribution in [-0.2, 0) is 4.79 Å².